The van der Waals surface area contributed by atoms with E-state index in [1.807, 2.05) is 13.0 Å². The van der Waals surface area contributed by atoms with E-state index in [4.69, 9.17) is 28.9 Å². The first-order valence-corrected chi connectivity index (χ1v) is 13.6. The van der Waals surface area contributed by atoms with Crippen molar-refractivity contribution in [2.24, 2.45) is 17.6 Å². The van der Waals surface area contributed by atoms with Crippen LogP contribution in [0.3, 0.4) is 0 Å². The minimum Gasteiger partial charge on any atom is -0.369 e. The Morgan fingerprint density at radius 3 is 2.33 bits per heavy atom. The molecule has 0 heterocycles. The van der Waals surface area contributed by atoms with Gasteiger partial charge in [-0.1, -0.05) is 74.0 Å². The molecule has 0 spiro atoms. The molecule has 3 unspecified atom stereocenters. The fraction of sp³-hybridized carbons (Fsp3) is 0.565. The van der Waals surface area contributed by atoms with E-state index in [2.05, 4.69) is 10.0 Å². The van der Waals surface area contributed by atoms with E-state index in [0.717, 1.165) is 32.1 Å². The quantitative estimate of drug-likeness (QED) is 0.454. The molecule has 2 aliphatic rings. The Labute approximate surface area is 205 Å². The molecular formula is C23H31Cl2N3O4S. The molecule has 0 bridgehead atoms. The maximum absolute atomic E-state index is 13.6. The highest BCUT2D eigenvalue weighted by atomic mass is 35.5. The Balaban J connectivity index is 1.88. The minimum absolute atomic E-state index is 0.00270. The van der Waals surface area contributed by atoms with Crippen molar-refractivity contribution in [2.75, 3.05) is 0 Å². The highest BCUT2D eigenvalue weighted by molar-refractivity contribution is 7.89. The van der Waals surface area contributed by atoms with Crippen molar-refractivity contribution in [3.8, 4) is 0 Å². The van der Waals surface area contributed by atoms with Crippen molar-refractivity contribution in [1.29, 1.82) is 0 Å². The maximum Gasteiger partial charge on any atom is 0.244 e. The van der Waals surface area contributed by atoms with Crippen LogP contribution in [0.2, 0.25) is 10.0 Å². The largest absolute Gasteiger partial charge is 0.369 e. The van der Waals surface area contributed by atoms with Crippen LogP contribution in [0.25, 0.3) is 0 Å². The standard InChI is InChI=1S/C23H31Cl2N3O4S/c1-2-7-15-14-16(21(26)29)10-11-19(15)27-22(30)23(12-4-3-5-13-23)28-33(31,32)20-17(24)8-6-9-18(20)25/h6,8-11,15-16,19,28H,2-5,7,12-14H2,1H3,(H2,26,29)(H,27,30). The molecule has 3 atom stereocenters. The molecule has 1 fully saturated rings. The van der Waals surface area contributed by atoms with Gasteiger partial charge in [-0.2, -0.15) is 4.72 Å². The molecule has 2 aliphatic carbocycles. The third-order valence-corrected chi connectivity index (χ3v) is 9.09. The molecular weight excluding hydrogens is 485 g/mol. The van der Waals surface area contributed by atoms with E-state index in [-0.39, 0.29) is 44.6 Å². The predicted octanol–water partition coefficient (Wildman–Crippen LogP) is 3.94. The van der Waals surface area contributed by atoms with Crippen LogP contribution in [0.5, 0.6) is 0 Å². The van der Waals surface area contributed by atoms with Crippen LogP contribution >= 0.6 is 23.2 Å². The van der Waals surface area contributed by atoms with Crippen LogP contribution in [-0.4, -0.2) is 31.8 Å². The minimum atomic E-state index is -4.16. The average Bonchev–Trinajstić information content (AvgIpc) is 2.75. The number of sulfonamides is 1. The molecule has 4 N–H and O–H groups in total. The Hall–Kier alpha value is -1.61. The van der Waals surface area contributed by atoms with Gasteiger partial charge in [0.05, 0.1) is 22.0 Å². The van der Waals surface area contributed by atoms with Gasteiger partial charge in [0.2, 0.25) is 21.8 Å². The first-order valence-electron chi connectivity index (χ1n) is 11.4. The molecule has 0 radical (unpaired) electrons. The molecule has 1 aromatic carbocycles. The van der Waals surface area contributed by atoms with Crippen LogP contribution in [0.4, 0.5) is 0 Å². The van der Waals surface area contributed by atoms with Crippen LogP contribution in [0.1, 0.15) is 58.3 Å². The van der Waals surface area contributed by atoms with Crippen LogP contribution in [0, 0.1) is 11.8 Å². The number of carbonyl (C=O) groups is 2. The highest BCUT2D eigenvalue weighted by Gasteiger charge is 2.45. The van der Waals surface area contributed by atoms with Gasteiger partial charge in [0.25, 0.3) is 0 Å². The fourth-order valence-corrected chi connectivity index (χ4v) is 7.44. The van der Waals surface area contributed by atoms with Crippen molar-refractivity contribution < 1.29 is 18.0 Å². The summed E-state index contributed by atoms with van der Waals surface area (Å²) in [6.45, 7) is 2.04. The number of hydrogen-bond acceptors (Lipinski definition) is 4. The molecule has 1 aromatic rings. The summed E-state index contributed by atoms with van der Waals surface area (Å²) < 4.78 is 29.3. The van der Waals surface area contributed by atoms with Crippen LogP contribution < -0.4 is 15.8 Å². The van der Waals surface area contributed by atoms with Crippen LogP contribution in [0.15, 0.2) is 35.2 Å². The first-order chi connectivity index (χ1) is 15.6. The monoisotopic (exact) mass is 515 g/mol. The number of carbonyl (C=O) groups excluding carboxylic acids is 2. The number of primary amides is 1. The van der Waals surface area contributed by atoms with Crippen molar-refractivity contribution in [1.82, 2.24) is 10.0 Å². The molecule has 0 aromatic heterocycles. The van der Waals surface area contributed by atoms with E-state index in [9.17, 15) is 18.0 Å². The summed E-state index contributed by atoms with van der Waals surface area (Å²) in [5.41, 5.74) is 4.18. The van der Waals surface area contributed by atoms with E-state index in [1.54, 1.807) is 12.1 Å². The zero-order valence-corrected chi connectivity index (χ0v) is 21.0. The van der Waals surface area contributed by atoms with E-state index in [0.29, 0.717) is 19.3 Å². The van der Waals surface area contributed by atoms with E-state index >= 15 is 0 Å². The van der Waals surface area contributed by atoms with Crippen molar-refractivity contribution in [3.63, 3.8) is 0 Å². The zero-order chi connectivity index (χ0) is 24.2. The predicted molar refractivity (Wildman–Crippen MR) is 129 cm³/mol. The topological polar surface area (TPSA) is 118 Å². The summed E-state index contributed by atoms with van der Waals surface area (Å²) in [6, 6.07) is 4.16. The van der Waals surface area contributed by atoms with Gasteiger partial charge >= 0.3 is 0 Å². The third-order valence-electron chi connectivity index (χ3n) is 6.60. The van der Waals surface area contributed by atoms with Crippen LogP contribution in [-0.2, 0) is 19.6 Å². The molecule has 0 saturated heterocycles. The number of halogens is 2. The van der Waals surface area contributed by atoms with Gasteiger partial charge in [-0.25, -0.2) is 8.42 Å². The number of nitrogens with one attached hydrogen (secondary N) is 2. The summed E-state index contributed by atoms with van der Waals surface area (Å²) >= 11 is 12.3. The van der Waals surface area contributed by atoms with Crippen molar-refractivity contribution in [2.45, 2.75) is 74.8 Å². The number of amides is 2. The summed E-state index contributed by atoms with van der Waals surface area (Å²) in [4.78, 5) is 25.0. The average molecular weight is 516 g/mol. The molecule has 10 heteroatoms. The van der Waals surface area contributed by atoms with Gasteiger partial charge in [-0.15, -0.1) is 0 Å². The van der Waals surface area contributed by atoms with Crippen molar-refractivity contribution >= 4 is 45.0 Å². The summed E-state index contributed by atoms with van der Waals surface area (Å²) in [6.07, 6.45) is 8.91. The molecule has 7 nitrogen and oxygen atoms in total. The van der Waals surface area contributed by atoms with Gasteiger partial charge in [-0.05, 0) is 43.7 Å². The lowest BCUT2D eigenvalue weighted by Gasteiger charge is -2.39. The molecule has 33 heavy (non-hydrogen) atoms. The Morgan fingerprint density at radius 2 is 1.76 bits per heavy atom. The summed E-state index contributed by atoms with van der Waals surface area (Å²) in [7, 11) is -4.16. The normalized spacial score (nSPS) is 24.9. The lowest BCUT2D eigenvalue weighted by Crippen LogP contribution is -2.61. The fourth-order valence-electron chi connectivity index (χ4n) is 4.88. The Bertz CT molecular complexity index is 1000. The lowest BCUT2D eigenvalue weighted by atomic mass is 9.78. The molecule has 2 amide bonds. The Morgan fingerprint density at radius 1 is 1.12 bits per heavy atom. The molecule has 0 aliphatic heterocycles. The SMILES string of the molecule is CCCC1CC(C(N)=O)C=CC1NC(=O)C1(NS(=O)(=O)c2c(Cl)cccc2Cl)CCCCC1. The molecule has 1 saturated carbocycles. The second kappa shape index (κ2) is 10.8. The summed E-state index contributed by atoms with van der Waals surface area (Å²) in [5, 5.41) is 3.05. The highest BCUT2D eigenvalue weighted by Crippen LogP contribution is 2.35. The van der Waals surface area contributed by atoms with Crippen molar-refractivity contribution in [3.05, 3.63) is 40.4 Å². The van der Waals surface area contributed by atoms with Gasteiger partial charge in [-0.3, -0.25) is 9.59 Å². The van der Waals surface area contributed by atoms with Gasteiger partial charge in [0.15, 0.2) is 0 Å². The van der Waals surface area contributed by atoms with Gasteiger partial charge in [0.1, 0.15) is 10.4 Å². The second-order valence-electron chi connectivity index (χ2n) is 8.98. The smallest absolute Gasteiger partial charge is 0.244 e. The van der Waals surface area contributed by atoms with Gasteiger partial charge in [0, 0.05) is 0 Å². The third kappa shape index (κ3) is 5.91. The van der Waals surface area contributed by atoms with E-state index in [1.165, 1.54) is 12.1 Å². The lowest BCUT2D eigenvalue weighted by molar-refractivity contribution is -0.129. The molecule has 182 valence electrons. The van der Waals surface area contributed by atoms with Gasteiger partial charge < -0.3 is 11.1 Å². The van der Waals surface area contributed by atoms with E-state index < -0.39 is 15.6 Å². The number of benzene rings is 1. The first kappa shape index (κ1) is 26.0. The molecule has 3 rings (SSSR count). The maximum atomic E-state index is 13.6. The second-order valence-corrected chi connectivity index (χ2v) is 11.4. The Kier molecular flexibility index (Phi) is 8.48. The summed E-state index contributed by atoms with van der Waals surface area (Å²) in [5.74, 6) is -1.08. The number of nitrogens with two attached hydrogens (primary N) is 1. The number of rotatable bonds is 8. The zero-order valence-electron chi connectivity index (χ0n) is 18.7. The number of hydrogen-bond donors (Lipinski definition) is 3.